The van der Waals surface area contributed by atoms with Crippen LogP contribution in [0.5, 0.6) is 11.5 Å². The van der Waals surface area contributed by atoms with E-state index in [-0.39, 0.29) is 18.6 Å². The number of rotatable bonds is 1. The van der Waals surface area contributed by atoms with Gasteiger partial charge in [0.15, 0.2) is 11.5 Å². The Labute approximate surface area is 126 Å². The monoisotopic (exact) mass is 301 g/mol. The first-order chi connectivity index (χ1) is 10.7. The highest BCUT2D eigenvalue weighted by atomic mass is 16.7. The van der Waals surface area contributed by atoms with Crippen molar-refractivity contribution in [3.05, 3.63) is 23.3 Å². The number of nitrogens with zero attached hydrogens (tertiary/aromatic N) is 2. The fraction of sp³-hybridized carbons (Fsp3) is 0.400. The van der Waals surface area contributed by atoms with Gasteiger partial charge in [0.05, 0.1) is 0 Å². The van der Waals surface area contributed by atoms with Crippen molar-refractivity contribution in [3.8, 4) is 11.5 Å². The molecule has 0 saturated carbocycles. The summed E-state index contributed by atoms with van der Waals surface area (Å²) in [5, 5.41) is 3.88. The molecule has 0 bridgehead atoms. The van der Waals surface area contributed by atoms with Crippen LogP contribution in [0.2, 0.25) is 0 Å². The predicted octanol–water partition coefficient (Wildman–Crippen LogP) is 0.566. The van der Waals surface area contributed by atoms with Crippen molar-refractivity contribution in [2.45, 2.75) is 25.8 Å². The highest BCUT2D eigenvalue weighted by molar-refractivity contribution is 6.39. The normalized spacial score (nSPS) is 19.4. The molecule has 0 atom stereocenters. The van der Waals surface area contributed by atoms with E-state index in [1.54, 1.807) is 4.90 Å². The molecule has 3 aliphatic rings. The Hall–Kier alpha value is -2.57. The molecule has 1 aromatic carbocycles. The summed E-state index contributed by atoms with van der Waals surface area (Å²) >= 11 is 0. The smallest absolute Gasteiger partial charge is 0.270 e. The molecule has 0 aliphatic carbocycles. The van der Waals surface area contributed by atoms with Gasteiger partial charge in [-0.05, 0) is 29.7 Å². The molecule has 2 amide bonds. The molecule has 7 heteroatoms. The van der Waals surface area contributed by atoms with Gasteiger partial charge >= 0.3 is 0 Å². The minimum Gasteiger partial charge on any atom is -0.454 e. The number of benzene rings is 1. The largest absolute Gasteiger partial charge is 0.454 e. The third kappa shape index (κ3) is 2.18. The van der Waals surface area contributed by atoms with Crippen LogP contribution in [-0.4, -0.2) is 35.8 Å². The Morgan fingerprint density at radius 1 is 1.14 bits per heavy atom. The molecule has 4 rings (SSSR count). The first-order valence-corrected chi connectivity index (χ1v) is 7.27. The van der Waals surface area contributed by atoms with Crippen LogP contribution < -0.4 is 14.9 Å². The second-order valence-corrected chi connectivity index (χ2v) is 5.54. The lowest BCUT2D eigenvalue weighted by Gasteiger charge is -2.29. The Bertz CT molecular complexity index is 698. The Morgan fingerprint density at radius 2 is 1.91 bits per heavy atom. The predicted molar refractivity (Wildman–Crippen MR) is 76.5 cm³/mol. The van der Waals surface area contributed by atoms with Crippen molar-refractivity contribution in [3.63, 3.8) is 0 Å². The summed E-state index contributed by atoms with van der Waals surface area (Å²) in [5.74, 6) is 1.25. The van der Waals surface area contributed by atoms with Gasteiger partial charge in [-0.2, -0.15) is 5.10 Å². The summed E-state index contributed by atoms with van der Waals surface area (Å²) < 4.78 is 10.8. The van der Waals surface area contributed by atoms with E-state index in [0.717, 1.165) is 23.5 Å². The van der Waals surface area contributed by atoms with Gasteiger partial charge in [-0.15, -0.1) is 0 Å². The lowest BCUT2D eigenvalue weighted by Crippen LogP contribution is -2.42. The third-order valence-corrected chi connectivity index (χ3v) is 4.15. The number of amides is 2. The molecule has 1 aromatic rings. The first kappa shape index (κ1) is 13.1. The van der Waals surface area contributed by atoms with Gasteiger partial charge < -0.3 is 14.4 Å². The van der Waals surface area contributed by atoms with Crippen molar-refractivity contribution in [1.82, 2.24) is 10.3 Å². The van der Waals surface area contributed by atoms with Crippen LogP contribution in [0.4, 0.5) is 0 Å². The van der Waals surface area contributed by atoms with Gasteiger partial charge in [0.2, 0.25) is 12.7 Å². The molecule has 0 unspecified atom stereocenters. The second-order valence-electron chi connectivity index (χ2n) is 5.54. The third-order valence-electron chi connectivity index (χ3n) is 4.15. The Kier molecular flexibility index (Phi) is 2.99. The summed E-state index contributed by atoms with van der Waals surface area (Å²) in [4.78, 5) is 25.4. The van der Waals surface area contributed by atoms with Crippen molar-refractivity contribution in [1.29, 1.82) is 0 Å². The zero-order chi connectivity index (χ0) is 15.1. The molecular formula is C15H15N3O4. The average molecular weight is 301 g/mol. The van der Waals surface area contributed by atoms with E-state index in [1.807, 2.05) is 12.1 Å². The van der Waals surface area contributed by atoms with Gasteiger partial charge in [-0.25, -0.2) is 5.43 Å². The zero-order valence-electron chi connectivity index (χ0n) is 11.9. The summed E-state index contributed by atoms with van der Waals surface area (Å²) in [7, 11) is 0. The number of hydrogen-bond acceptors (Lipinski definition) is 5. The van der Waals surface area contributed by atoms with Gasteiger partial charge in [0.1, 0.15) is 5.71 Å². The van der Waals surface area contributed by atoms with Crippen molar-refractivity contribution < 1.29 is 19.1 Å². The number of hydrazone groups is 1. The van der Waals surface area contributed by atoms with Crippen LogP contribution in [0.25, 0.3) is 0 Å². The molecule has 0 radical (unpaired) electrons. The fourth-order valence-corrected chi connectivity index (χ4v) is 2.93. The lowest BCUT2D eigenvalue weighted by atomic mass is 9.98. The van der Waals surface area contributed by atoms with E-state index >= 15 is 0 Å². The maximum Gasteiger partial charge on any atom is 0.270 e. The van der Waals surface area contributed by atoms with Crippen LogP contribution in [0, 0.1) is 0 Å². The number of ether oxygens (including phenoxy) is 2. The molecule has 3 heterocycles. The van der Waals surface area contributed by atoms with Gasteiger partial charge in [-0.1, -0.05) is 0 Å². The van der Waals surface area contributed by atoms with E-state index < -0.39 is 0 Å². The fourth-order valence-electron chi connectivity index (χ4n) is 2.93. The standard InChI is InChI=1S/C15H15N3O4/c19-14-2-1-11(16-17-14)15(20)18-4-3-9-5-12-13(22-8-21-12)6-10(9)7-18/h5-6H,1-4,7-8H2,(H,17,19). The average Bonchev–Trinajstić information content (AvgIpc) is 2.99. The molecule has 0 aromatic heterocycles. The number of fused-ring (bicyclic) bond motifs is 2. The van der Waals surface area contributed by atoms with Crippen LogP contribution in [0.15, 0.2) is 17.2 Å². The summed E-state index contributed by atoms with van der Waals surface area (Å²) in [6.45, 7) is 1.41. The van der Waals surface area contributed by atoms with Gasteiger partial charge in [0.25, 0.3) is 5.91 Å². The molecule has 0 fully saturated rings. The molecular weight excluding hydrogens is 286 g/mol. The van der Waals surface area contributed by atoms with Gasteiger partial charge in [0, 0.05) is 25.9 Å². The van der Waals surface area contributed by atoms with Crippen molar-refractivity contribution >= 4 is 17.5 Å². The SMILES string of the molecule is O=C1CCC(C(=O)N2CCc3cc4c(cc3C2)OCO4)=NN1. The van der Waals surface area contributed by atoms with E-state index in [9.17, 15) is 9.59 Å². The van der Waals surface area contributed by atoms with Crippen LogP contribution in [-0.2, 0) is 22.6 Å². The number of hydrogen-bond donors (Lipinski definition) is 1. The van der Waals surface area contributed by atoms with Crippen molar-refractivity contribution in [2.75, 3.05) is 13.3 Å². The summed E-state index contributed by atoms with van der Waals surface area (Å²) in [5.41, 5.74) is 5.05. The molecule has 22 heavy (non-hydrogen) atoms. The Balaban J connectivity index is 1.54. The van der Waals surface area contributed by atoms with Crippen LogP contribution in [0.1, 0.15) is 24.0 Å². The number of carbonyl (C=O) groups is 2. The minimum absolute atomic E-state index is 0.108. The second kappa shape index (κ2) is 5.01. The molecule has 7 nitrogen and oxygen atoms in total. The molecule has 3 aliphatic heterocycles. The molecule has 1 N–H and O–H groups in total. The summed E-state index contributed by atoms with van der Waals surface area (Å²) in [6.07, 6.45) is 1.49. The maximum atomic E-state index is 12.5. The van der Waals surface area contributed by atoms with Crippen LogP contribution in [0.3, 0.4) is 0 Å². The molecule has 0 saturated heterocycles. The topological polar surface area (TPSA) is 80.2 Å². The quantitative estimate of drug-likeness (QED) is 0.822. The van der Waals surface area contributed by atoms with Crippen LogP contribution >= 0.6 is 0 Å². The Morgan fingerprint density at radius 3 is 2.64 bits per heavy atom. The van der Waals surface area contributed by atoms with Gasteiger partial charge in [-0.3, -0.25) is 9.59 Å². The highest BCUT2D eigenvalue weighted by Crippen LogP contribution is 2.36. The van der Waals surface area contributed by atoms with E-state index in [1.165, 1.54) is 5.56 Å². The first-order valence-electron chi connectivity index (χ1n) is 7.27. The highest BCUT2D eigenvalue weighted by Gasteiger charge is 2.28. The van der Waals surface area contributed by atoms with E-state index in [2.05, 4.69) is 10.5 Å². The maximum absolute atomic E-state index is 12.5. The van der Waals surface area contributed by atoms with E-state index in [0.29, 0.717) is 31.6 Å². The van der Waals surface area contributed by atoms with Crippen molar-refractivity contribution in [2.24, 2.45) is 5.10 Å². The summed E-state index contributed by atoms with van der Waals surface area (Å²) in [6, 6.07) is 3.94. The minimum atomic E-state index is -0.145. The zero-order valence-corrected chi connectivity index (χ0v) is 11.9. The van der Waals surface area contributed by atoms with E-state index in [4.69, 9.17) is 9.47 Å². The number of carbonyl (C=O) groups excluding carboxylic acids is 2. The lowest BCUT2D eigenvalue weighted by molar-refractivity contribution is -0.125. The number of nitrogens with one attached hydrogen (secondary N) is 1. The molecule has 114 valence electrons. The molecule has 0 spiro atoms.